The summed E-state index contributed by atoms with van der Waals surface area (Å²) in [5.74, 6) is 0.986. The summed E-state index contributed by atoms with van der Waals surface area (Å²) in [7, 11) is 2.03. The van der Waals surface area contributed by atoms with Gasteiger partial charge in [-0.25, -0.2) is 4.98 Å². The van der Waals surface area contributed by atoms with E-state index in [1.54, 1.807) is 0 Å². The lowest BCUT2D eigenvalue weighted by atomic mass is 9.68. The third kappa shape index (κ3) is 2.48. The molecule has 1 fully saturated rings. The molecule has 0 aliphatic heterocycles. The van der Waals surface area contributed by atoms with Crippen LogP contribution in [-0.2, 0) is 0 Å². The highest BCUT2D eigenvalue weighted by atomic mass is 15.0. The molecule has 1 aliphatic carbocycles. The van der Waals surface area contributed by atoms with Gasteiger partial charge in [-0.05, 0) is 32.0 Å². The minimum absolute atomic E-state index is 0.465. The highest BCUT2D eigenvalue weighted by Gasteiger charge is 2.35. The molecule has 0 atom stereocenters. The van der Waals surface area contributed by atoms with Crippen molar-refractivity contribution < 1.29 is 0 Å². The summed E-state index contributed by atoms with van der Waals surface area (Å²) in [5, 5.41) is 6.71. The van der Waals surface area contributed by atoms with E-state index in [-0.39, 0.29) is 0 Å². The topological polar surface area (TPSA) is 37.0 Å². The van der Waals surface area contributed by atoms with E-state index in [2.05, 4.69) is 15.6 Å². The number of anilines is 1. The molecular formula is C12H19N3. The van der Waals surface area contributed by atoms with Gasteiger partial charge in [-0.15, -0.1) is 0 Å². The van der Waals surface area contributed by atoms with Crippen LogP contribution in [0.2, 0.25) is 0 Å². The Morgan fingerprint density at radius 1 is 1.33 bits per heavy atom. The van der Waals surface area contributed by atoms with Gasteiger partial charge in [-0.1, -0.05) is 12.5 Å². The van der Waals surface area contributed by atoms with E-state index in [0.717, 1.165) is 18.9 Å². The first-order valence-corrected chi connectivity index (χ1v) is 5.64. The molecular weight excluding hydrogens is 186 g/mol. The Hall–Kier alpha value is -1.09. The van der Waals surface area contributed by atoms with Gasteiger partial charge < -0.3 is 10.6 Å². The number of nitrogens with one attached hydrogen (secondary N) is 2. The minimum Gasteiger partial charge on any atom is -0.369 e. The normalized spacial score (nSPS) is 18.2. The van der Waals surface area contributed by atoms with Crippen LogP contribution in [0.4, 0.5) is 5.82 Å². The van der Waals surface area contributed by atoms with Crippen LogP contribution in [0.5, 0.6) is 0 Å². The fraction of sp³-hybridized carbons (Fsp3) is 0.583. The van der Waals surface area contributed by atoms with Gasteiger partial charge in [-0.3, -0.25) is 0 Å². The molecule has 0 saturated heterocycles. The Bertz CT molecular complexity index is 293. The van der Waals surface area contributed by atoms with Crippen molar-refractivity contribution in [3.8, 4) is 0 Å². The molecule has 0 bridgehead atoms. The van der Waals surface area contributed by atoms with Crippen LogP contribution >= 0.6 is 0 Å². The van der Waals surface area contributed by atoms with Gasteiger partial charge in [-0.2, -0.15) is 0 Å². The van der Waals surface area contributed by atoms with Crippen LogP contribution in [0, 0.1) is 5.41 Å². The summed E-state index contributed by atoms with van der Waals surface area (Å²) in [6, 6.07) is 5.98. The van der Waals surface area contributed by atoms with E-state index < -0.39 is 0 Å². The zero-order chi connectivity index (χ0) is 10.6. The third-order valence-corrected chi connectivity index (χ3v) is 3.28. The number of pyridine rings is 1. The Balaban J connectivity index is 1.86. The maximum absolute atomic E-state index is 4.27. The van der Waals surface area contributed by atoms with Crippen molar-refractivity contribution in [3.63, 3.8) is 0 Å². The van der Waals surface area contributed by atoms with E-state index in [9.17, 15) is 0 Å². The molecule has 1 aliphatic rings. The Morgan fingerprint density at radius 2 is 2.20 bits per heavy atom. The number of nitrogens with zero attached hydrogens (tertiary/aromatic N) is 1. The van der Waals surface area contributed by atoms with Gasteiger partial charge in [0.25, 0.3) is 0 Å². The van der Waals surface area contributed by atoms with Crippen LogP contribution in [0.25, 0.3) is 0 Å². The lowest BCUT2D eigenvalue weighted by Gasteiger charge is -2.42. The quantitative estimate of drug-likeness (QED) is 0.770. The summed E-state index contributed by atoms with van der Waals surface area (Å²) in [6.45, 7) is 2.14. The summed E-state index contributed by atoms with van der Waals surface area (Å²) in [5.41, 5.74) is 0.465. The molecule has 1 aromatic rings. The zero-order valence-corrected chi connectivity index (χ0v) is 9.29. The second-order valence-corrected chi connectivity index (χ2v) is 4.45. The second kappa shape index (κ2) is 4.62. The van der Waals surface area contributed by atoms with E-state index in [1.165, 1.54) is 19.3 Å². The molecule has 82 valence electrons. The smallest absolute Gasteiger partial charge is 0.125 e. The van der Waals surface area contributed by atoms with Crippen molar-refractivity contribution in [2.24, 2.45) is 5.41 Å². The van der Waals surface area contributed by atoms with E-state index >= 15 is 0 Å². The molecule has 15 heavy (non-hydrogen) atoms. The highest BCUT2D eigenvalue weighted by molar-refractivity contribution is 5.33. The standard InChI is InChI=1S/C12H19N3/c1-13-9-12(6-4-7-12)10-15-11-5-2-3-8-14-11/h2-3,5,8,13H,4,6-7,9-10H2,1H3,(H,14,15). The lowest BCUT2D eigenvalue weighted by Crippen LogP contribution is -2.44. The minimum atomic E-state index is 0.465. The fourth-order valence-corrected chi connectivity index (χ4v) is 2.21. The summed E-state index contributed by atoms with van der Waals surface area (Å²) in [4.78, 5) is 4.27. The summed E-state index contributed by atoms with van der Waals surface area (Å²) in [6.07, 6.45) is 5.85. The molecule has 2 N–H and O–H groups in total. The molecule has 2 rings (SSSR count). The third-order valence-electron chi connectivity index (χ3n) is 3.28. The molecule has 1 aromatic heterocycles. The Labute approximate surface area is 91.3 Å². The lowest BCUT2D eigenvalue weighted by molar-refractivity contribution is 0.151. The van der Waals surface area contributed by atoms with Gasteiger partial charge in [0.15, 0.2) is 0 Å². The van der Waals surface area contributed by atoms with Crippen LogP contribution < -0.4 is 10.6 Å². The molecule has 3 nitrogen and oxygen atoms in total. The number of aromatic nitrogens is 1. The second-order valence-electron chi connectivity index (χ2n) is 4.45. The van der Waals surface area contributed by atoms with Gasteiger partial charge in [0.05, 0.1) is 0 Å². The van der Waals surface area contributed by atoms with Crippen molar-refractivity contribution in [3.05, 3.63) is 24.4 Å². The molecule has 0 spiro atoms. The highest BCUT2D eigenvalue weighted by Crippen LogP contribution is 2.40. The van der Waals surface area contributed by atoms with Crippen LogP contribution in [0.1, 0.15) is 19.3 Å². The molecule has 0 aromatic carbocycles. The van der Waals surface area contributed by atoms with Crippen molar-refractivity contribution in [1.82, 2.24) is 10.3 Å². The Kier molecular flexibility index (Phi) is 3.21. The predicted octanol–water partition coefficient (Wildman–Crippen LogP) is 1.88. The molecule has 0 radical (unpaired) electrons. The van der Waals surface area contributed by atoms with Gasteiger partial charge in [0, 0.05) is 24.7 Å². The van der Waals surface area contributed by atoms with Crippen molar-refractivity contribution >= 4 is 5.82 Å². The van der Waals surface area contributed by atoms with Gasteiger partial charge >= 0.3 is 0 Å². The first kappa shape index (κ1) is 10.4. The number of hydrogen-bond acceptors (Lipinski definition) is 3. The van der Waals surface area contributed by atoms with Gasteiger partial charge in [0.1, 0.15) is 5.82 Å². The first-order valence-electron chi connectivity index (χ1n) is 5.64. The van der Waals surface area contributed by atoms with Crippen LogP contribution in [0.15, 0.2) is 24.4 Å². The van der Waals surface area contributed by atoms with E-state index in [4.69, 9.17) is 0 Å². The predicted molar refractivity (Wildman–Crippen MR) is 62.9 cm³/mol. The first-order chi connectivity index (χ1) is 7.35. The average molecular weight is 205 g/mol. The van der Waals surface area contributed by atoms with Crippen LogP contribution in [-0.4, -0.2) is 25.1 Å². The fourth-order valence-electron chi connectivity index (χ4n) is 2.21. The summed E-state index contributed by atoms with van der Waals surface area (Å²) >= 11 is 0. The molecule has 0 unspecified atom stereocenters. The average Bonchev–Trinajstić information content (AvgIpc) is 2.23. The van der Waals surface area contributed by atoms with E-state index in [0.29, 0.717) is 5.41 Å². The Morgan fingerprint density at radius 3 is 2.73 bits per heavy atom. The summed E-state index contributed by atoms with van der Waals surface area (Å²) < 4.78 is 0. The maximum Gasteiger partial charge on any atom is 0.125 e. The molecule has 1 saturated carbocycles. The number of rotatable bonds is 5. The van der Waals surface area contributed by atoms with Crippen LogP contribution in [0.3, 0.4) is 0 Å². The molecule has 0 amide bonds. The van der Waals surface area contributed by atoms with Gasteiger partial charge in [0.2, 0.25) is 0 Å². The molecule has 1 heterocycles. The number of hydrogen-bond donors (Lipinski definition) is 2. The van der Waals surface area contributed by atoms with E-state index in [1.807, 2.05) is 31.4 Å². The zero-order valence-electron chi connectivity index (χ0n) is 9.29. The SMILES string of the molecule is CNCC1(CNc2ccccn2)CCC1. The van der Waals surface area contributed by atoms with Crippen molar-refractivity contribution in [2.45, 2.75) is 19.3 Å². The van der Waals surface area contributed by atoms with Crippen molar-refractivity contribution in [2.75, 3.05) is 25.5 Å². The molecule has 3 heteroatoms. The monoisotopic (exact) mass is 205 g/mol. The maximum atomic E-state index is 4.27. The largest absolute Gasteiger partial charge is 0.369 e. The van der Waals surface area contributed by atoms with Crippen molar-refractivity contribution in [1.29, 1.82) is 0 Å².